The quantitative estimate of drug-likeness (QED) is 0.116. The van der Waals surface area contributed by atoms with Gasteiger partial charge < -0.3 is 40.2 Å². The Balaban J connectivity index is 1.94. The number of carbonyl (C=O) groups is 5. The lowest BCUT2D eigenvalue weighted by atomic mass is 9.97. The number of aromatic nitrogens is 2. The number of nitrogen functional groups attached to an aromatic ring is 1. The zero-order chi connectivity index (χ0) is 37.2. The lowest BCUT2D eigenvalue weighted by molar-refractivity contribution is -0.175. The van der Waals surface area contributed by atoms with Crippen LogP contribution in [0.5, 0.6) is 0 Å². The molecule has 0 radical (unpaired) electrons. The van der Waals surface area contributed by atoms with Crippen LogP contribution in [0.4, 0.5) is 5.13 Å². The molecule has 0 aromatic carbocycles. The van der Waals surface area contributed by atoms with Gasteiger partial charge in [0.15, 0.2) is 16.9 Å². The molecular weight excluding hydrogens is 713 g/mol. The van der Waals surface area contributed by atoms with Crippen molar-refractivity contribution in [3.63, 3.8) is 0 Å². The van der Waals surface area contributed by atoms with Crippen LogP contribution in [-0.4, -0.2) is 83.3 Å². The molecule has 3 rings (SSSR count). The number of thiazole rings is 2. The van der Waals surface area contributed by atoms with Crippen LogP contribution in [-0.2, 0) is 47.8 Å². The van der Waals surface area contributed by atoms with Crippen LogP contribution >= 0.6 is 34.4 Å². The van der Waals surface area contributed by atoms with Crippen molar-refractivity contribution in [2.75, 3.05) is 32.2 Å². The molecule has 2 aromatic heterocycles. The number of nitrogens with zero attached hydrogens (tertiary/aromatic N) is 3. The maximum absolute atomic E-state index is 13.6. The second-order valence-corrected chi connectivity index (χ2v) is 15.5. The van der Waals surface area contributed by atoms with E-state index in [4.69, 9.17) is 29.5 Å². The highest BCUT2D eigenvalue weighted by atomic mass is 32.2. The lowest BCUT2D eigenvalue weighted by Gasteiger charge is -2.32. The van der Waals surface area contributed by atoms with Gasteiger partial charge in [0, 0.05) is 16.0 Å². The molecule has 16 nitrogen and oxygen atoms in total. The van der Waals surface area contributed by atoms with Gasteiger partial charge in [-0.3, -0.25) is 14.4 Å². The molecule has 1 aliphatic heterocycles. The number of hydrogen-bond acceptors (Lipinski definition) is 18. The number of rotatable bonds is 13. The van der Waals surface area contributed by atoms with Gasteiger partial charge in [-0.15, -0.1) is 34.4 Å². The molecule has 50 heavy (non-hydrogen) atoms. The van der Waals surface area contributed by atoms with E-state index in [1.807, 2.05) is 6.92 Å². The van der Waals surface area contributed by atoms with Crippen molar-refractivity contribution in [2.24, 2.45) is 16.0 Å². The van der Waals surface area contributed by atoms with E-state index in [0.717, 1.165) is 33.7 Å². The van der Waals surface area contributed by atoms with Gasteiger partial charge in [0.2, 0.25) is 13.6 Å². The Morgan fingerprint density at radius 1 is 1.02 bits per heavy atom. The maximum Gasteiger partial charge on any atom is 0.357 e. The third-order valence-corrected chi connectivity index (χ3v) is 9.25. The van der Waals surface area contributed by atoms with E-state index in [1.165, 1.54) is 23.8 Å². The van der Waals surface area contributed by atoms with Crippen molar-refractivity contribution in [1.29, 1.82) is 0 Å². The Morgan fingerprint density at radius 3 is 2.20 bits per heavy atom. The van der Waals surface area contributed by atoms with Crippen LogP contribution in [0.3, 0.4) is 0 Å². The SMILES string of the molecule is CO/N=C(\C(=O)N[C@@H](C(=O)OCOC(=O)C(C)(C)C)[C@@H]1NC(C(=O)OCOC(=O)C(C)(C)C)=C(/C=C\c2scnc2C)CS1)c1csc(N)n1. The summed E-state index contributed by atoms with van der Waals surface area (Å²) in [6.45, 7) is 10.3. The van der Waals surface area contributed by atoms with E-state index < -0.39 is 65.6 Å². The van der Waals surface area contributed by atoms with Gasteiger partial charge in [0.25, 0.3) is 5.91 Å². The van der Waals surface area contributed by atoms with E-state index in [1.54, 1.807) is 59.2 Å². The largest absolute Gasteiger partial charge is 0.427 e. The summed E-state index contributed by atoms with van der Waals surface area (Å²) >= 11 is 3.62. The molecule has 0 saturated carbocycles. The number of carbonyl (C=O) groups excluding carboxylic acids is 5. The fraction of sp³-hybridized carbons (Fsp3) is 0.484. The highest BCUT2D eigenvalue weighted by Crippen LogP contribution is 2.28. The van der Waals surface area contributed by atoms with Gasteiger partial charge in [-0.05, 0) is 60.1 Å². The summed E-state index contributed by atoms with van der Waals surface area (Å²) in [5.74, 6) is -3.85. The lowest BCUT2D eigenvalue weighted by Crippen LogP contribution is -2.56. The first-order chi connectivity index (χ1) is 23.4. The molecular formula is C31H40N6O10S3. The van der Waals surface area contributed by atoms with Crippen molar-refractivity contribution in [1.82, 2.24) is 20.6 Å². The summed E-state index contributed by atoms with van der Waals surface area (Å²) in [6, 6.07) is -1.50. The van der Waals surface area contributed by atoms with Crippen LogP contribution in [0.1, 0.15) is 57.8 Å². The Bertz CT molecular complexity index is 1670. The maximum atomic E-state index is 13.6. The molecule has 1 aliphatic rings. The van der Waals surface area contributed by atoms with Gasteiger partial charge in [0.05, 0.1) is 22.0 Å². The van der Waals surface area contributed by atoms with Gasteiger partial charge in [-0.1, -0.05) is 11.2 Å². The Kier molecular flexibility index (Phi) is 13.9. The van der Waals surface area contributed by atoms with Gasteiger partial charge >= 0.3 is 23.9 Å². The summed E-state index contributed by atoms with van der Waals surface area (Å²) in [7, 11) is 1.22. The topological polar surface area (TPSA) is 220 Å². The Morgan fingerprint density at radius 2 is 1.66 bits per heavy atom. The zero-order valence-electron chi connectivity index (χ0n) is 28.8. The number of anilines is 1. The molecule has 3 heterocycles. The van der Waals surface area contributed by atoms with Crippen molar-refractivity contribution >= 4 is 81.1 Å². The summed E-state index contributed by atoms with van der Waals surface area (Å²) in [5.41, 5.74) is 6.71. The second kappa shape index (κ2) is 17.4. The molecule has 272 valence electrons. The standard InChI is InChI=1S/C31H40N6O10S3/c1-16-19(50-13-33-16)10-9-17-11-48-24(36-20(17)25(39)44-14-46-27(41)30(2,3)4)22(26(40)45-15-47-28(42)31(5,6)7)35-23(38)21(37-43-8)18-12-49-29(32)34-18/h9-10,12-13,22,24,36H,11,14-15H2,1-8H3,(H2,32,34)(H,35,38)/b10-9-,37-21-/t22-,24-/m1/s1. The fourth-order valence-corrected chi connectivity index (χ4v) is 6.12. The Hall–Kier alpha value is -4.49. The van der Waals surface area contributed by atoms with Gasteiger partial charge in [-0.2, -0.15) is 0 Å². The van der Waals surface area contributed by atoms with Crippen LogP contribution in [0.2, 0.25) is 0 Å². The highest BCUT2D eigenvalue weighted by Gasteiger charge is 2.38. The smallest absolute Gasteiger partial charge is 0.357 e. The number of esters is 4. The number of allylic oxidation sites excluding steroid dienone is 1. The summed E-state index contributed by atoms with van der Waals surface area (Å²) in [6.07, 6.45) is 3.48. The van der Waals surface area contributed by atoms with E-state index in [2.05, 4.69) is 25.8 Å². The minimum atomic E-state index is -1.50. The molecule has 1 amide bonds. The van der Waals surface area contributed by atoms with Crippen molar-refractivity contribution in [3.8, 4) is 0 Å². The average molecular weight is 753 g/mol. The number of hydrogen-bond donors (Lipinski definition) is 3. The zero-order valence-corrected chi connectivity index (χ0v) is 31.3. The number of nitrogens with two attached hydrogens (primary N) is 1. The van der Waals surface area contributed by atoms with E-state index in [9.17, 15) is 24.0 Å². The predicted octanol–water partition coefficient (Wildman–Crippen LogP) is 3.14. The highest BCUT2D eigenvalue weighted by molar-refractivity contribution is 8.00. The molecule has 2 aromatic rings. The third-order valence-electron chi connectivity index (χ3n) is 6.45. The number of nitrogens with one attached hydrogen (secondary N) is 2. The first-order valence-corrected chi connectivity index (χ1v) is 17.7. The summed E-state index contributed by atoms with van der Waals surface area (Å²) in [4.78, 5) is 79.1. The van der Waals surface area contributed by atoms with E-state index in [-0.39, 0.29) is 28.0 Å². The number of oxime groups is 1. The number of aryl methyl sites for hydroxylation is 1. The molecule has 0 bridgehead atoms. The van der Waals surface area contributed by atoms with Crippen LogP contribution in [0.15, 0.2) is 33.4 Å². The van der Waals surface area contributed by atoms with Crippen molar-refractivity contribution in [2.45, 2.75) is 59.9 Å². The molecule has 0 unspecified atom stereocenters. The van der Waals surface area contributed by atoms with Crippen molar-refractivity contribution < 1.29 is 47.8 Å². The molecule has 0 aliphatic carbocycles. The van der Waals surface area contributed by atoms with Gasteiger partial charge in [0.1, 0.15) is 23.9 Å². The molecule has 0 saturated heterocycles. The summed E-state index contributed by atoms with van der Waals surface area (Å²) < 4.78 is 20.8. The molecule has 2 atom stereocenters. The van der Waals surface area contributed by atoms with Crippen molar-refractivity contribution in [3.05, 3.63) is 44.5 Å². The summed E-state index contributed by atoms with van der Waals surface area (Å²) in [5, 5.41) is 9.90. The molecule has 0 spiro atoms. The second-order valence-electron chi connectivity index (χ2n) is 12.6. The molecule has 19 heteroatoms. The van der Waals surface area contributed by atoms with E-state index in [0.29, 0.717) is 5.57 Å². The van der Waals surface area contributed by atoms with E-state index >= 15 is 0 Å². The predicted molar refractivity (Wildman–Crippen MR) is 187 cm³/mol. The number of amides is 1. The third kappa shape index (κ3) is 11.3. The van der Waals surface area contributed by atoms with Crippen LogP contribution in [0, 0.1) is 17.8 Å². The first-order valence-electron chi connectivity index (χ1n) is 14.9. The molecule has 0 fully saturated rings. The minimum Gasteiger partial charge on any atom is -0.427 e. The monoisotopic (exact) mass is 752 g/mol. The average Bonchev–Trinajstić information content (AvgIpc) is 3.67. The Labute approximate surface area is 301 Å². The number of thioether (sulfide) groups is 1. The fourth-order valence-electron chi connectivity index (χ4n) is 3.71. The number of ether oxygens (including phenoxy) is 4. The normalized spacial score (nSPS) is 15.9. The van der Waals surface area contributed by atoms with Crippen LogP contribution in [0.25, 0.3) is 6.08 Å². The minimum absolute atomic E-state index is 0.0664. The first kappa shape index (κ1) is 39.9. The van der Waals surface area contributed by atoms with Crippen LogP contribution < -0.4 is 16.4 Å². The molecule has 4 N–H and O–H groups in total. The van der Waals surface area contributed by atoms with Gasteiger partial charge in [-0.25, -0.2) is 19.6 Å².